The Morgan fingerprint density at radius 1 is 1.00 bits per heavy atom. The Morgan fingerprint density at radius 2 is 1.86 bits per heavy atom. The fourth-order valence-electron chi connectivity index (χ4n) is 0.968. The van der Waals surface area contributed by atoms with Crippen LogP contribution < -0.4 is 4.74 Å². The van der Waals surface area contributed by atoms with Crippen molar-refractivity contribution in [3.63, 3.8) is 0 Å². The Hall–Kier alpha value is -1.42. The largest absolute Gasteiger partial charge is 0.436 e. The van der Waals surface area contributed by atoms with Crippen LogP contribution in [0, 0.1) is 0 Å². The van der Waals surface area contributed by atoms with E-state index in [1.165, 1.54) is 0 Å². The topological polar surface area (TPSA) is 35.0 Å². The summed E-state index contributed by atoms with van der Waals surface area (Å²) in [6.07, 6.45) is 3.37. The van der Waals surface area contributed by atoms with Gasteiger partial charge >= 0.3 is 0 Å². The standard InChI is InChI=1S/C10H7BrN2O/c11-10-8(4-3-7-13-10)14-9-5-1-2-6-12-9/h1-7H. The van der Waals surface area contributed by atoms with Crippen molar-refractivity contribution in [3.8, 4) is 11.6 Å². The van der Waals surface area contributed by atoms with E-state index in [1.807, 2.05) is 24.3 Å². The van der Waals surface area contributed by atoms with Gasteiger partial charge in [-0.1, -0.05) is 6.07 Å². The van der Waals surface area contributed by atoms with Crippen LogP contribution in [-0.2, 0) is 0 Å². The maximum atomic E-state index is 5.49. The summed E-state index contributed by atoms with van der Waals surface area (Å²) in [5.74, 6) is 1.22. The Balaban J connectivity index is 2.24. The highest BCUT2D eigenvalue weighted by Gasteiger charge is 2.02. The van der Waals surface area contributed by atoms with Crippen LogP contribution in [0.1, 0.15) is 0 Å². The molecule has 0 saturated carbocycles. The van der Waals surface area contributed by atoms with E-state index in [4.69, 9.17) is 4.74 Å². The molecule has 0 saturated heterocycles. The zero-order valence-electron chi connectivity index (χ0n) is 7.22. The zero-order valence-corrected chi connectivity index (χ0v) is 8.81. The molecule has 0 aromatic carbocycles. The molecule has 0 unspecified atom stereocenters. The third-order valence-electron chi connectivity index (χ3n) is 1.58. The van der Waals surface area contributed by atoms with Crippen molar-refractivity contribution >= 4 is 15.9 Å². The Bertz CT molecular complexity index is 419. The molecular formula is C10H7BrN2O. The number of halogens is 1. The van der Waals surface area contributed by atoms with Gasteiger partial charge in [0.15, 0.2) is 5.75 Å². The van der Waals surface area contributed by atoms with E-state index >= 15 is 0 Å². The first-order valence-corrected chi connectivity index (χ1v) is 4.85. The summed E-state index contributed by atoms with van der Waals surface area (Å²) in [5.41, 5.74) is 0. The fraction of sp³-hybridized carbons (Fsp3) is 0. The van der Waals surface area contributed by atoms with Crippen LogP contribution in [0.4, 0.5) is 0 Å². The third-order valence-corrected chi connectivity index (χ3v) is 2.17. The first-order valence-electron chi connectivity index (χ1n) is 4.05. The van der Waals surface area contributed by atoms with Gasteiger partial charge in [-0.2, -0.15) is 0 Å². The van der Waals surface area contributed by atoms with E-state index in [0.717, 1.165) is 0 Å². The van der Waals surface area contributed by atoms with Gasteiger partial charge in [0, 0.05) is 18.5 Å². The van der Waals surface area contributed by atoms with Crippen LogP contribution in [-0.4, -0.2) is 9.97 Å². The van der Waals surface area contributed by atoms with E-state index in [0.29, 0.717) is 16.2 Å². The molecule has 2 heterocycles. The van der Waals surface area contributed by atoms with Crippen molar-refractivity contribution in [1.82, 2.24) is 9.97 Å². The molecule has 0 aliphatic heterocycles. The highest BCUT2D eigenvalue weighted by molar-refractivity contribution is 9.10. The second-order valence-electron chi connectivity index (χ2n) is 2.56. The number of ether oxygens (including phenoxy) is 1. The monoisotopic (exact) mass is 250 g/mol. The lowest BCUT2D eigenvalue weighted by molar-refractivity contribution is 0.457. The Labute approximate surface area is 89.9 Å². The lowest BCUT2D eigenvalue weighted by Crippen LogP contribution is -1.88. The van der Waals surface area contributed by atoms with Crippen molar-refractivity contribution in [3.05, 3.63) is 47.3 Å². The van der Waals surface area contributed by atoms with E-state index in [1.54, 1.807) is 18.5 Å². The molecule has 0 atom stereocenters. The van der Waals surface area contributed by atoms with Crippen LogP contribution in [0.2, 0.25) is 0 Å². The minimum absolute atomic E-state index is 0.557. The summed E-state index contributed by atoms with van der Waals surface area (Å²) in [5, 5.41) is 0. The van der Waals surface area contributed by atoms with Crippen LogP contribution in [0.5, 0.6) is 11.6 Å². The fourth-order valence-corrected chi connectivity index (χ4v) is 1.30. The predicted octanol–water partition coefficient (Wildman–Crippen LogP) is 3.03. The zero-order chi connectivity index (χ0) is 9.80. The molecule has 0 N–H and O–H groups in total. The molecule has 0 amide bonds. The second kappa shape index (κ2) is 4.19. The summed E-state index contributed by atoms with van der Waals surface area (Å²) in [6, 6.07) is 9.13. The minimum Gasteiger partial charge on any atom is -0.436 e. The number of hydrogen-bond donors (Lipinski definition) is 0. The Kier molecular flexibility index (Phi) is 2.74. The third kappa shape index (κ3) is 2.09. The smallest absolute Gasteiger partial charge is 0.219 e. The molecule has 3 nitrogen and oxygen atoms in total. The summed E-state index contributed by atoms with van der Waals surface area (Å²) >= 11 is 3.29. The molecule has 2 aromatic heterocycles. The van der Waals surface area contributed by atoms with Gasteiger partial charge in [0.05, 0.1) is 0 Å². The van der Waals surface area contributed by atoms with E-state index < -0.39 is 0 Å². The van der Waals surface area contributed by atoms with Gasteiger partial charge in [0.1, 0.15) is 4.60 Å². The van der Waals surface area contributed by atoms with Crippen molar-refractivity contribution in [2.45, 2.75) is 0 Å². The molecule has 14 heavy (non-hydrogen) atoms. The molecule has 0 fully saturated rings. The molecule has 0 aliphatic carbocycles. The van der Waals surface area contributed by atoms with Gasteiger partial charge in [-0.25, -0.2) is 9.97 Å². The lowest BCUT2D eigenvalue weighted by Gasteiger charge is -2.04. The number of nitrogens with zero attached hydrogens (tertiary/aromatic N) is 2. The summed E-state index contributed by atoms with van der Waals surface area (Å²) in [6.45, 7) is 0. The van der Waals surface area contributed by atoms with Crippen molar-refractivity contribution in [1.29, 1.82) is 0 Å². The quantitative estimate of drug-likeness (QED) is 0.769. The molecule has 2 rings (SSSR count). The number of pyridine rings is 2. The molecule has 0 bridgehead atoms. The summed E-state index contributed by atoms with van der Waals surface area (Å²) in [7, 11) is 0. The molecule has 0 aliphatic rings. The maximum Gasteiger partial charge on any atom is 0.219 e. The van der Waals surface area contributed by atoms with Gasteiger partial charge in [-0.15, -0.1) is 0 Å². The summed E-state index contributed by atoms with van der Waals surface area (Å²) in [4.78, 5) is 8.08. The van der Waals surface area contributed by atoms with Gasteiger partial charge < -0.3 is 4.74 Å². The molecule has 2 aromatic rings. The first-order chi connectivity index (χ1) is 6.86. The van der Waals surface area contributed by atoms with Crippen molar-refractivity contribution in [2.75, 3.05) is 0 Å². The molecule has 4 heteroatoms. The van der Waals surface area contributed by atoms with Crippen LogP contribution in [0.3, 0.4) is 0 Å². The number of hydrogen-bond acceptors (Lipinski definition) is 3. The van der Waals surface area contributed by atoms with E-state index in [2.05, 4.69) is 25.9 Å². The average molecular weight is 251 g/mol. The predicted molar refractivity (Wildman–Crippen MR) is 56.2 cm³/mol. The maximum absolute atomic E-state index is 5.49. The minimum atomic E-state index is 0.557. The first kappa shape index (κ1) is 9.15. The molecule has 0 spiro atoms. The molecule has 70 valence electrons. The average Bonchev–Trinajstić information content (AvgIpc) is 2.23. The number of rotatable bonds is 2. The highest BCUT2D eigenvalue weighted by atomic mass is 79.9. The van der Waals surface area contributed by atoms with E-state index in [-0.39, 0.29) is 0 Å². The van der Waals surface area contributed by atoms with Gasteiger partial charge in [0.25, 0.3) is 0 Å². The van der Waals surface area contributed by atoms with Crippen molar-refractivity contribution in [2.24, 2.45) is 0 Å². The molecular weight excluding hydrogens is 244 g/mol. The van der Waals surface area contributed by atoms with Gasteiger partial charge in [0.2, 0.25) is 5.88 Å². The second-order valence-corrected chi connectivity index (χ2v) is 3.31. The summed E-state index contributed by atoms with van der Waals surface area (Å²) < 4.78 is 6.16. The Morgan fingerprint density at radius 3 is 2.57 bits per heavy atom. The number of aromatic nitrogens is 2. The SMILES string of the molecule is Brc1ncccc1Oc1ccccn1. The van der Waals surface area contributed by atoms with Crippen LogP contribution >= 0.6 is 15.9 Å². The van der Waals surface area contributed by atoms with E-state index in [9.17, 15) is 0 Å². The van der Waals surface area contributed by atoms with Crippen LogP contribution in [0.15, 0.2) is 47.3 Å². The lowest BCUT2D eigenvalue weighted by atomic mass is 10.4. The normalized spacial score (nSPS) is 9.79. The van der Waals surface area contributed by atoms with Crippen molar-refractivity contribution < 1.29 is 4.74 Å². The van der Waals surface area contributed by atoms with Crippen LogP contribution in [0.25, 0.3) is 0 Å². The molecule has 0 radical (unpaired) electrons. The van der Waals surface area contributed by atoms with Gasteiger partial charge in [-0.3, -0.25) is 0 Å². The van der Waals surface area contributed by atoms with Gasteiger partial charge in [-0.05, 0) is 34.1 Å². The highest BCUT2D eigenvalue weighted by Crippen LogP contribution is 2.25.